The quantitative estimate of drug-likeness (QED) is 0.770. The molecular weight excluding hydrogens is 282 g/mol. The summed E-state index contributed by atoms with van der Waals surface area (Å²) in [7, 11) is 1.79. The first kappa shape index (κ1) is 15.3. The van der Waals surface area contributed by atoms with Gasteiger partial charge in [0.05, 0.1) is 7.11 Å². The highest BCUT2D eigenvalue weighted by Crippen LogP contribution is 2.56. The Hall–Kier alpha value is -1.28. The number of allylic oxidation sites excluding steroid dienone is 1. The summed E-state index contributed by atoms with van der Waals surface area (Å²) >= 11 is 0. The molecular formula is C21H29NO. The Balaban J connectivity index is 1.77. The van der Waals surface area contributed by atoms with E-state index in [9.17, 15) is 0 Å². The summed E-state index contributed by atoms with van der Waals surface area (Å²) in [6, 6.07) is 7.60. The number of hydrogen-bond donors (Lipinski definition) is 0. The topological polar surface area (TPSA) is 12.5 Å². The Morgan fingerprint density at radius 1 is 1.30 bits per heavy atom. The molecule has 1 aromatic carbocycles. The third-order valence-electron chi connectivity index (χ3n) is 6.73. The predicted octanol–water partition coefficient (Wildman–Crippen LogP) is 4.33. The maximum absolute atomic E-state index is 5.55. The summed E-state index contributed by atoms with van der Waals surface area (Å²) in [6.07, 6.45) is 12.7. The van der Waals surface area contributed by atoms with Crippen molar-refractivity contribution in [1.29, 1.82) is 0 Å². The van der Waals surface area contributed by atoms with Gasteiger partial charge in [-0.2, -0.15) is 0 Å². The van der Waals surface area contributed by atoms with Gasteiger partial charge < -0.3 is 4.74 Å². The molecule has 3 aliphatic rings. The first-order chi connectivity index (χ1) is 11.3. The van der Waals surface area contributed by atoms with Gasteiger partial charge in [-0.15, -0.1) is 0 Å². The molecule has 2 aliphatic carbocycles. The lowest BCUT2D eigenvalue weighted by atomic mass is 9.52. The molecule has 0 amide bonds. The average molecular weight is 311 g/mol. The molecule has 3 atom stereocenters. The molecule has 23 heavy (non-hydrogen) atoms. The van der Waals surface area contributed by atoms with Crippen molar-refractivity contribution in [2.75, 3.05) is 20.2 Å². The summed E-state index contributed by atoms with van der Waals surface area (Å²) in [4.78, 5) is 2.75. The van der Waals surface area contributed by atoms with Crippen molar-refractivity contribution in [3.8, 4) is 5.75 Å². The number of rotatable bonds is 3. The number of benzene rings is 1. The maximum Gasteiger partial charge on any atom is 0.119 e. The van der Waals surface area contributed by atoms with Crippen molar-refractivity contribution >= 4 is 0 Å². The predicted molar refractivity (Wildman–Crippen MR) is 95.1 cm³/mol. The van der Waals surface area contributed by atoms with E-state index in [0.717, 1.165) is 24.3 Å². The summed E-state index contributed by atoms with van der Waals surface area (Å²) in [6.45, 7) is 4.51. The highest BCUT2D eigenvalue weighted by molar-refractivity contribution is 5.45. The van der Waals surface area contributed by atoms with Gasteiger partial charge in [-0.3, -0.25) is 4.90 Å². The van der Waals surface area contributed by atoms with Crippen LogP contribution in [0.4, 0.5) is 0 Å². The molecule has 2 nitrogen and oxygen atoms in total. The lowest BCUT2D eigenvalue weighted by Gasteiger charge is -2.59. The second-order valence-electron chi connectivity index (χ2n) is 7.62. The van der Waals surface area contributed by atoms with Crippen LogP contribution in [0.15, 0.2) is 30.4 Å². The average Bonchev–Trinajstić information content (AvgIpc) is 2.60. The van der Waals surface area contributed by atoms with Crippen LogP contribution >= 0.6 is 0 Å². The molecule has 0 radical (unpaired) electrons. The Bertz CT molecular complexity index is 608. The van der Waals surface area contributed by atoms with Crippen LogP contribution in [0.2, 0.25) is 0 Å². The van der Waals surface area contributed by atoms with E-state index in [0.29, 0.717) is 5.41 Å². The van der Waals surface area contributed by atoms with Crippen LogP contribution in [0, 0.1) is 5.92 Å². The fraction of sp³-hybridized carbons (Fsp3) is 0.619. The molecule has 1 saturated carbocycles. The zero-order valence-corrected chi connectivity index (χ0v) is 14.6. The van der Waals surface area contributed by atoms with Gasteiger partial charge >= 0.3 is 0 Å². The molecule has 0 spiro atoms. The molecule has 4 rings (SSSR count). The third kappa shape index (κ3) is 2.34. The van der Waals surface area contributed by atoms with Gasteiger partial charge in [0.25, 0.3) is 0 Å². The van der Waals surface area contributed by atoms with Gasteiger partial charge in [0, 0.05) is 18.0 Å². The summed E-state index contributed by atoms with van der Waals surface area (Å²) in [5.41, 5.74) is 3.64. The Morgan fingerprint density at radius 2 is 2.22 bits per heavy atom. The lowest BCUT2D eigenvalue weighted by molar-refractivity contribution is -0.00522. The van der Waals surface area contributed by atoms with Crippen molar-refractivity contribution in [3.63, 3.8) is 0 Å². The first-order valence-corrected chi connectivity index (χ1v) is 9.31. The number of nitrogens with zero attached hydrogens (tertiary/aromatic N) is 1. The number of fused-ring (bicyclic) bond motifs is 1. The van der Waals surface area contributed by atoms with E-state index >= 15 is 0 Å². The molecule has 124 valence electrons. The van der Waals surface area contributed by atoms with Crippen LogP contribution in [-0.4, -0.2) is 31.1 Å². The van der Waals surface area contributed by atoms with Crippen molar-refractivity contribution < 1.29 is 4.74 Å². The second kappa shape index (κ2) is 5.98. The summed E-state index contributed by atoms with van der Waals surface area (Å²) in [5.74, 6) is 1.88. The number of likely N-dealkylation sites (tertiary alicyclic amines) is 1. The molecule has 1 aromatic rings. The molecule has 2 fully saturated rings. The molecule has 2 bridgehead atoms. The van der Waals surface area contributed by atoms with Crippen LogP contribution in [0.3, 0.4) is 0 Å². The van der Waals surface area contributed by atoms with E-state index in [1.807, 2.05) is 0 Å². The minimum Gasteiger partial charge on any atom is -0.497 e. The molecule has 0 N–H and O–H groups in total. The number of methoxy groups -OCH3 is 1. The standard InChI is InChI=1S/C21H29NO/c1-3-4-12-22-13-11-21-10-6-5-7-18(21)20(22)14-16-8-9-17(23-2)15-19(16)21/h3-4,8-9,15,18,20H,5-7,10-14H2,1-2H3/b4-3+/t18-,20-,21-/m0/s1. The zero-order valence-electron chi connectivity index (χ0n) is 14.6. The van der Waals surface area contributed by atoms with Gasteiger partial charge in [0.15, 0.2) is 0 Å². The number of hydrogen-bond acceptors (Lipinski definition) is 2. The van der Waals surface area contributed by atoms with Crippen LogP contribution in [0.1, 0.15) is 50.2 Å². The van der Waals surface area contributed by atoms with Gasteiger partial charge in [0.1, 0.15) is 5.75 Å². The molecule has 1 heterocycles. The smallest absolute Gasteiger partial charge is 0.119 e. The maximum atomic E-state index is 5.55. The Labute approximate surface area is 140 Å². The van der Waals surface area contributed by atoms with Crippen molar-refractivity contribution in [3.05, 3.63) is 41.5 Å². The fourth-order valence-corrected chi connectivity index (χ4v) is 5.66. The molecule has 1 saturated heterocycles. The van der Waals surface area contributed by atoms with E-state index in [-0.39, 0.29) is 0 Å². The first-order valence-electron chi connectivity index (χ1n) is 9.31. The van der Waals surface area contributed by atoms with Crippen molar-refractivity contribution in [2.45, 2.75) is 56.9 Å². The van der Waals surface area contributed by atoms with Gasteiger partial charge in [-0.05, 0) is 68.3 Å². The van der Waals surface area contributed by atoms with E-state index in [2.05, 4.69) is 42.2 Å². The Morgan fingerprint density at radius 3 is 3.04 bits per heavy atom. The van der Waals surface area contributed by atoms with Crippen LogP contribution in [0.25, 0.3) is 0 Å². The molecule has 2 heteroatoms. The number of ether oxygens (including phenoxy) is 1. The Kier molecular flexibility index (Phi) is 3.96. The van der Waals surface area contributed by atoms with Gasteiger partial charge in [-0.1, -0.05) is 31.1 Å². The monoisotopic (exact) mass is 311 g/mol. The van der Waals surface area contributed by atoms with Crippen LogP contribution in [0.5, 0.6) is 5.75 Å². The normalized spacial score (nSPS) is 33.3. The van der Waals surface area contributed by atoms with Crippen LogP contribution < -0.4 is 4.74 Å². The zero-order chi connectivity index (χ0) is 15.9. The van der Waals surface area contributed by atoms with Crippen LogP contribution in [-0.2, 0) is 11.8 Å². The van der Waals surface area contributed by atoms with Crippen molar-refractivity contribution in [2.24, 2.45) is 5.92 Å². The fourth-order valence-electron chi connectivity index (χ4n) is 5.66. The SMILES string of the molecule is C/C=C/CN1CC[C@@]23CCCC[C@H]2[C@@H]1Cc1ccc(OC)cc13. The minimum absolute atomic E-state index is 0.428. The molecule has 0 unspecified atom stereocenters. The number of piperidine rings is 1. The van der Waals surface area contributed by atoms with E-state index < -0.39 is 0 Å². The van der Waals surface area contributed by atoms with Gasteiger partial charge in [0.2, 0.25) is 0 Å². The highest BCUT2D eigenvalue weighted by atomic mass is 16.5. The minimum atomic E-state index is 0.428. The summed E-state index contributed by atoms with van der Waals surface area (Å²) < 4.78 is 5.55. The summed E-state index contributed by atoms with van der Waals surface area (Å²) in [5, 5.41) is 0. The van der Waals surface area contributed by atoms with E-state index in [4.69, 9.17) is 4.74 Å². The highest BCUT2D eigenvalue weighted by Gasteiger charge is 2.53. The van der Waals surface area contributed by atoms with E-state index in [1.54, 1.807) is 18.2 Å². The van der Waals surface area contributed by atoms with Gasteiger partial charge in [-0.25, -0.2) is 0 Å². The van der Waals surface area contributed by atoms with E-state index in [1.165, 1.54) is 45.1 Å². The molecule has 1 aliphatic heterocycles. The third-order valence-corrected chi connectivity index (χ3v) is 6.73. The van der Waals surface area contributed by atoms with Crippen molar-refractivity contribution in [1.82, 2.24) is 4.90 Å². The largest absolute Gasteiger partial charge is 0.497 e. The molecule has 0 aromatic heterocycles. The lowest BCUT2D eigenvalue weighted by Crippen LogP contribution is -2.60. The second-order valence-corrected chi connectivity index (χ2v) is 7.62.